The monoisotopic (exact) mass is 384 g/mol. The topological polar surface area (TPSA) is 68.3 Å². The first kappa shape index (κ1) is 18.8. The molecule has 0 saturated heterocycles. The van der Waals surface area contributed by atoms with Crippen LogP contribution in [0.5, 0.6) is 11.5 Å². The standard InChI is InChI=1S/C20H21ClN4O2/c1-26-16-6-3-14(4-7-16)9-11-22-19-10-12-23-20(25-19)24-17-13-15(21)5-8-18(17)27-2/h3-8,10,12-13H,9,11H2,1-2H3,(H2,22,23,24,25). The van der Waals surface area contributed by atoms with Gasteiger partial charge < -0.3 is 20.1 Å². The van der Waals surface area contributed by atoms with E-state index >= 15 is 0 Å². The van der Waals surface area contributed by atoms with Crippen molar-refractivity contribution >= 4 is 29.1 Å². The molecule has 0 amide bonds. The van der Waals surface area contributed by atoms with E-state index in [9.17, 15) is 0 Å². The molecule has 2 aromatic carbocycles. The Kier molecular flexibility index (Phi) is 6.33. The summed E-state index contributed by atoms with van der Waals surface area (Å²) in [6.07, 6.45) is 2.57. The second kappa shape index (κ2) is 9.09. The van der Waals surface area contributed by atoms with Crippen LogP contribution >= 0.6 is 11.6 Å². The lowest BCUT2D eigenvalue weighted by Crippen LogP contribution is -2.08. The maximum atomic E-state index is 6.06. The Bertz CT molecular complexity index is 887. The lowest BCUT2D eigenvalue weighted by atomic mass is 10.1. The molecule has 27 heavy (non-hydrogen) atoms. The van der Waals surface area contributed by atoms with E-state index in [4.69, 9.17) is 21.1 Å². The van der Waals surface area contributed by atoms with Gasteiger partial charge in [0, 0.05) is 17.8 Å². The van der Waals surface area contributed by atoms with Gasteiger partial charge >= 0.3 is 0 Å². The zero-order valence-electron chi connectivity index (χ0n) is 15.2. The summed E-state index contributed by atoms with van der Waals surface area (Å²) >= 11 is 6.06. The molecule has 140 valence electrons. The number of aromatic nitrogens is 2. The van der Waals surface area contributed by atoms with Crippen molar-refractivity contribution in [2.45, 2.75) is 6.42 Å². The van der Waals surface area contributed by atoms with Crippen LogP contribution in [0.15, 0.2) is 54.7 Å². The number of rotatable bonds is 8. The number of hydrogen-bond acceptors (Lipinski definition) is 6. The average Bonchev–Trinajstić information content (AvgIpc) is 2.69. The SMILES string of the molecule is COc1ccc(CCNc2ccnc(Nc3cc(Cl)ccc3OC)n2)cc1. The van der Waals surface area contributed by atoms with Gasteiger partial charge in [-0.1, -0.05) is 23.7 Å². The van der Waals surface area contributed by atoms with Gasteiger partial charge in [-0.15, -0.1) is 0 Å². The van der Waals surface area contributed by atoms with Gasteiger partial charge in [-0.3, -0.25) is 0 Å². The number of halogens is 1. The molecule has 0 aliphatic heterocycles. The van der Waals surface area contributed by atoms with Crippen LogP contribution in [-0.4, -0.2) is 30.7 Å². The molecule has 2 N–H and O–H groups in total. The first-order valence-electron chi connectivity index (χ1n) is 8.48. The second-order valence-corrected chi connectivity index (χ2v) is 6.20. The second-order valence-electron chi connectivity index (χ2n) is 5.76. The maximum Gasteiger partial charge on any atom is 0.229 e. The van der Waals surface area contributed by atoms with Crippen LogP contribution in [0.4, 0.5) is 17.5 Å². The molecule has 0 fully saturated rings. The molecule has 0 aliphatic rings. The first-order chi connectivity index (χ1) is 13.2. The number of nitrogens with zero attached hydrogens (tertiary/aromatic N) is 2. The van der Waals surface area contributed by atoms with E-state index < -0.39 is 0 Å². The summed E-state index contributed by atoms with van der Waals surface area (Å²) in [4.78, 5) is 8.73. The van der Waals surface area contributed by atoms with Gasteiger partial charge in [0.1, 0.15) is 17.3 Å². The van der Waals surface area contributed by atoms with Crippen molar-refractivity contribution in [3.63, 3.8) is 0 Å². The van der Waals surface area contributed by atoms with Crippen LogP contribution in [0.1, 0.15) is 5.56 Å². The summed E-state index contributed by atoms with van der Waals surface area (Å²) in [5, 5.41) is 7.05. The van der Waals surface area contributed by atoms with Crippen molar-refractivity contribution in [2.24, 2.45) is 0 Å². The van der Waals surface area contributed by atoms with Gasteiger partial charge in [-0.05, 0) is 48.4 Å². The highest BCUT2D eigenvalue weighted by atomic mass is 35.5. The fourth-order valence-electron chi connectivity index (χ4n) is 2.54. The van der Waals surface area contributed by atoms with Crippen LogP contribution in [0.3, 0.4) is 0 Å². The molecule has 1 aromatic heterocycles. The van der Waals surface area contributed by atoms with Crippen LogP contribution in [0.25, 0.3) is 0 Å². The molecule has 1 heterocycles. The molecule has 3 aromatic rings. The highest BCUT2D eigenvalue weighted by Crippen LogP contribution is 2.29. The Morgan fingerprint density at radius 3 is 2.56 bits per heavy atom. The van der Waals surface area contributed by atoms with Crippen LogP contribution in [-0.2, 0) is 6.42 Å². The normalized spacial score (nSPS) is 10.3. The van der Waals surface area contributed by atoms with Gasteiger partial charge in [0.05, 0.1) is 19.9 Å². The quantitative estimate of drug-likeness (QED) is 0.594. The van der Waals surface area contributed by atoms with E-state index in [1.165, 1.54) is 5.56 Å². The number of nitrogens with one attached hydrogen (secondary N) is 2. The van der Waals surface area contributed by atoms with Gasteiger partial charge in [0.15, 0.2) is 0 Å². The molecule has 6 nitrogen and oxygen atoms in total. The molecular formula is C20H21ClN4O2. The predicted molar refractivity (Wildman–Crippen MR) is 109 cm³/mol. The van der Waals surface area contributed by atoms with Gasteiger partial charge in [-0.25, -0.2) is 4.98 Å². The number of methoxy groups -OCH3 is 2. The summed E-state index contributed by atoms with van der Waals surface area (Å²) < 4.78 is 10.5. The molecule has 0 spiro atoms. The molecule has 0 atom stereocenters. The molecular weight excluding hydrogens is 364 g/mol. The smallest absolute Gasteiger partial charge is 0.229 e. The summed E-state index contributed by atoms with van der Waals surface area (Å²) in [6, 6.07) is 15.2. The first-order valence-corrected chi connectivity index (χ1v) is 8.86. The molecule has 0 saturated carbocycles. The van der Waals surface area contributed by atoms with E-state index in [-0.39, 0.29) is 0 Å². The third-order valence-electron chi connectivity index (χ3n) is 3.94. The van der Waals surface area contributed by atoms with Crippen LogP contribution < -0.4 is 20.1 Å². The summed E-state index contributed by atoms with van der Waals surface area (Å²) in [5.74, 6) is 2.72. The fourth-order valence-corrected chi connectivity index (χ4v) is 2.71. The number of benzene rings is 2. The minimum Gasteiger partial charge on any atom is -0.497 e. The fraction of sp³-hybridized carbons (Fsp3) is 0.200. The summed E-state index contributed by atoms with van der Waals surface area (Å²) in [7, 11) is 3.27. The summed E-state index contributed by atoms with van der Waals surface area (Å²) in [5.41, 5.74) is 1.93. The van der Waals surface area contributed by atoms with Gasteiger partial charge in [0.25, 0.3) is 0 Å². The zero-order chi connectivity index (χ0) is 19.1. The van der Waals surface area contributed by atoms with E-state index in [0.717, 1.165) is 24.5 Å². The third kappa shape index (κ3) is 5.24. The van der Waals surface area contributed by atoms with E-state index in [2.05, 4.69) is 32.7 Å². The summed E-state index contributed by atoms with van der Waals surface area (Å²) in [6.45, 7) is 0.753. The van der Waals surface area contributed by atoms with Crippen molar-refractivity contribution in [3.05, 3.63) is 65.3 Å². The molecule has 0 aliphatic carbocycles. The van der Waals surface area contributed by atoms with Crippen molar-refractivity contribution in [1.82, 2.24) is 9.97 Å². The Morgan fingerprint density at radius 2 is 1.81 bits per heavy atom. The number of anilines is 3. The highest BCUT2D eigenvalue weighted by Gasteiger charge is 2.06. The molecule has 0 bridgehead atoms. The Hall–Kier alpha value is -2.99. The maximum absolute atomic E-state index is 6.06. The van der Waals surface area contributed by atoms with Gasteiger partial charge in [0.2, 0.25) is 5.95 Å². The molecule has 0 radical (unpaired) electrons. The predicted octanol–water partition coefficient (Wildman–Crippen LogP) is 4.55. The minimum absolute atomic E-state index is 0.463. The van der Waals surface area contributed by atoms with Gasteiger partial charge in [-0.2, -0.15) is 4.98 Å². The molecule has 3 rings (SSSR count). The largest absolute Gasteiger partial charge is 0.497 e. The van der Waals surface area contributed by atoms with E-state index in [1.54, 1.807) is 38.6 Å². The van der Waals surface area contributed by atoms with Crippen molar-refractivity contribution in [1.29, 1.82) is 0 Å². The average molecular weight is 385 g/mol. The number of hydrogen-bond donors (Lipinski definition) is 2. The Balaban J connectivity index is 1.61. The molecule has 0 unspecified atom stereocenters. The minimum atomic E-state index is 0.463. The zero-order valence-corrected chi connectivity index (χ0v) is 16.0. The van der Waals surface area contributed by atoms with Crippen molar-refractivity contribution in [3.8, 4) is 11.5 Å². The number of ether oxygens (including phenoxy) is 2. The lowest BCUT2D eigenvalue weighted by molar-refractivity contribution is 0.414. The molecule has 7 heteroatoms. The van der Waals surface area contributed by atoms with Crippen molar-refractivity contribution < 1.29 is 9.47 Å². The Morgan fingerprint density at radius 1 is 1.00 bits per heavy atom. The highest BCUT2D eigenvalue weighted by molar-refractivity contribution is 6.31. The van der Waals surface area contributed by atoms with Crippen LogP contribution in [0.2, 0.25) is 5.02 Å². The van der Waals surface area contributed by atoms with Crippen molar-refractivity contribution in [2.75, 3.05) is 31.4 Å². The third-order valence-corrected chi connectivity index (χ3v) is 4.18. The van der Waals surface area contributed by atoms with E-state index in [0.29, 0.717) is 22.4 Å². The Labute approximate surface area is 163 Å². The van der Waals surface area contributed by atoms with Crippen LogP contribution in [0, 0.1) is 0 Å². The lowest BCUT2D eigenvalue weighted by Gasteiger charge is -2.11. The van der Waals surface area contributed by atoms with E-state index in [1.807, 2.05) is 18.2 Å².